The molecule has 0 aromatic carbocycles. The van der Waals surface area contributed by atoms with Crippen LogP contribution in [0.4, 0.5) is 0 Å². The number of carbonyl (C=O) groups is 1. The third-order valence-corrected chi connectivity index (χ3v) is 8.25. The van der Waals surface area contributed by atoms with Crippen LogP contribution in [-0.4, -0.2) is 23.0 Å². The van der Waals surface area contributed by atoms with Crippen LogP contribution in [-0.2, 0) is 9.53 Å². The second-order valence-corrected chi connectivity index (χ2v) is 9.28. The van der Waals surface area contributed by atoms with Gasteiger partial charge in [0.25, 0.3) is 0 Å². The Balaban J connectivity index is 1.60. The second-order valence-electron chi connectivity index (χ2n) is 9.28. The van der Waals surface area contributed by atoms with Gasteiger partial charge in [-0.25, -0.2) is 0 Å². The van der Waals surface area contributed by atoms with Crippen LogP contribution in [0.1, 0.15) is 72.1 Å². The van der Waals surface area contributed by atoms with Crippen molar-refractivity contribution in [2.75, 3.05) is 0 Å². The zero-order valence-corrected chi connectivity index (χ0v) is 15.8. The van der Waals surface area contributed by atoms with Crippen LogP contribution in [0.25, 0.3) is 0 Å². The van der Waals surface area contributed by atoms with Crippen LogP contribution in [0.15, 0.2) is 16.8 Å². The summed E-state index contributed by atoms with van der Waals surface area (Å²) in [6.45, 7) is 6.30. The smallest absolute Gasteiger partial charge is 0.302 e. The van der Waals surface area contributed by atoms with E-state index in [9.17, 15) is 10.0 Å². The molecule has 0 radical (unpaired) electrons. The summed E-state index contributed by atoms with van der Waals surface area (Å²) in [7, 11) is 0. The molecule has 0 aliphatic heterocycles. The maximum absolute atomic E-state index is 11.3. The fourth-order valence-electron chi connectivity index (χ4n) is 6.92. The quantitative estimate of drug-likeness (QED) is 0.324. The molecule has 0 unspecified atom stereocenters. The molecule has 4 aliphatic rings. The van der Waals surface area contributed by atoms with E-state index in [0.29, 0.717) is 11.8 Å². The topological polar surface area (TPSA) is 58.9 Å². The summed E-state index contributed by atoms with van der Waals surface area (Å²) in [5.74, 6) is 1.93. The van der Waals surface area contributed by atoms with Crippen molar-refractivity contribution in [3.05, 3.63) is 11.6 Å². The fraction of sp³-hybridized carbons (Fsp3) is 0.810. The highest BCUT2D eigenvalue weighted by molar-refractivity contribution is 5.92. The summed E-state index contributed by atoms with van der Waals surface area (Å²) < 4.78 is 5.51. The predicted octanol–water partition coefficient (Wildman–Crippen LogP) is 4.71. The molecule has 0 saturated heterocycles. The van der Waals surface area contributed by atoms with Crippen molar-refractivity contribution in [1.82, 2.24) is 0 Å². The first-order valence-corrected chi connectivity index (χ1v) is 9.96. The lowest BCUT2D eigenvalue weighted by molar-refractivity contribution is -0.148. The van der Waals surface area contributed by atoms with Crippen LogP contribution < -0.4 is 0 Å². The van der Waals surface area contributed by atoms with Crippen molar-refractivity contribution in [2.45, 2.75) is 78.2 Å². The van der Waals surface area contributed by atoms with Gasteiger partial charge in [-0.3, -0.25) is 4.79 Å². The predicted molar refractivity (Wildman–Crippen MR) is 96.5 cm³/mol. The Kier molecular flexibility index (Phi) is 4.01. The van der Waals surface area contributed by atoms with Gasteiger partial charge in [0.2, 0.25) is 0 Å². The van der Waals surface area contributed by atoms with Crippen LogP contribution in [0.3, 0.4) is 0 Å². The zero-order chi connectivity index (χ0) is 17.8. The van der Waals surface area contributed by atoms with Crippen molar-refractivity contribution >= 4 is 11.7 Å². The highest BCUT2D eigenvalue weighted by Crippen LogP contribution is 2.64. The molecule has 6 atom stereocenters. The summed E-state index contributed by atoms with van der Waals surface area (Å²) in [4.78, 5) is 11.3. The van der Waals surface area contributed by atoms with Crippen LogP contribution in [0.5, 0.6) is 0 Å². The number of fused-ring (bicyclic) bond motifs is 5. The molecule has 3 fully saturated rings. The molecule has 4 nitrogen and oxygen atoms in total. The largest absolute Gasteiger partial charge is 0.462 e. The van der Waals surface area contributed by atoms with Crippen molar-refractivity contribution < 1.29 is 14.7 Å². The number of hydrogen-bond acceptors (Lipinski definition) is 4. The van der Waals surface area contributed by atoms with Crippen LogP contribution in [0, 0.1) is 28.6 Å². The molecule has 0 aromatic rings. The van der Waals surface area contributed by atoms with Crippen molar-refractivity contribution in [3.8, 4) is 0 Å². The summed E-state index contributed by atoms with van der Waals surface area (Å²) in [6.07, 6.45) is 11.2. The van der Waals surface area contributed by atoms with Gasteiger partial charge in [-0.05, 0) is 68.1 Å². The molecule has 4 aliphatic carbocycles. The van der Waals surface area contributed by atoms with Gasteiger partial charge < -0.3 is 9.94 Å². The molecule has 0 amide bonds. The van der Waals surface area contributed by atoms with E-state index in [4.69, 9.17) is 4.74 Å². The summed E-state index contributed by atoms with van der Waals surface area (Å²) in [6, 6.07) is 0. The SMILES string of the molecule is CC(=O)O[C@H]1CC[C@@]2(C)C(=CC[C@H]3[C@H]2CC[C@@]2(C)/C(=N\O)CC[C@H]32)C1. The van der Waals surface area contributed by atoms with Gasteiger partial charge in [0, 0.05) is 18.8 Å². The van der Waals surface area contributed by atoms with Gasteiger partial charge in [0.15, 0.2) is 0 Å². The minimum atomic E-state index is -0.155. The fourth-order valence-corrected chi connectivity index (χ4v) is 6.92. The number of rotatable bonds is 1. The van der Waals surface area contributed by atoms with Gasteiger partial charge in [-0.15, -0.1) is 0 Å². The minimum absolute atomic E-state index is 0.0711. The molecule has 4 heteroatoms. The summed E-state index contributed by atoms with van der Waals surface area (Å²) in [5, 5.41) is 13.1. The van der Waals surface area contributed by atoms with E-state index >= 15 is 0 Å². The Morgan fingerprint density at radius 1 is 1.20 bits per heavy atom. The molecule has 0 heterocycles. The van der Waals surface area contributed by atoms with E-state index < -0.39 is 0 Å². The Labute approximate surface area is 150 Å². The Bertz CT molecular complexity index is 639. The van der Waals surface area contributed by atoms with E-state index in [1.165, 1.54) is 25.3 Å². The van der Waals surface area contributed by atoms with E-state index in [1.807, 2.05) is 0 Å². The molecule has 138 valence electrons. The average molecular weight is 345 g/mol. The zero-order valence-electron chi connectivity index (χ0n) is 15.8. The molecule has 25 heavy (non-hydrogen) atoms. The molecule has 0 spiro atoms. The molecule has 3 saturated carbocycles. The monoisotopic (exact) mass is 345 g/mol. The number of hydrogen-bond donors (Lipinski definition) is 1. The summed E-state index contributed by atoms with van der Waals surface area (Å²) in [5.41, 5.74) is 2.94. The molecular formula is C21H31NO3. The van der Waals surface area contributed by atoms with E-state index in [-0.39, 0.29) is 22.9 Å². The van der Waals surface area contributed by atoms with Gasteiger partial charge >= 0.3 is 5.97 Å². The molecule has 1 N–H and O–H groups in total. The van der Waals surface area contributed by atoms with E-state index in [1.54, 1.807) is 0 Å². The molecular weight excluding hydrogens is 314 g/mol. The first-order valence-electron chi connectivity index (χ1n) is 9.96. The standard InChI is InChI=1S/C21H31NO3/c1-13(23)25-15-8-10-20(2)14(12-15)4-5-16-17-6-7-19(22-24)21(17,3)11-9-18(16)20/h4,15-18,24H,5-12H2,1-3H3/b22-19-/t15-,16+,17+,18+,20-,21+/m0/s1. The third-order valence-electron chi connectivity index (χ3n) is 8.25. The highest BCUT2D eigenvalue weighted by atomic mass is 16.5. The Morgan fingerprint density at radius 2 is 1.92 bits per heavy atom. The van der Waals surface area contributed by atoms with Crippen molar-refractivity contribution in [3.63, 3.8) is 0 Å². The highest BCUT2D eigenvalue weighted by Gasteiger charge is 2.58. The van der Waals surface area contributed by atoms with Gasteiger partial charge in [0.05, 0.1) is 5.71 Å². The van der Waals surface area contributed by atoms with E-state index in [2.05, 4.69) is 25.1 Å². The van der Waals surface area contributed by atoms with Gasteiger partial charge in [-0.2, -0.15) is 0 Å². The second kappa shape index (κ2) is 5.85. The third kappa shape index (κ3) is 2.47. The normalized spacial score (nSPS) is 47.5. The number of oxime groups is 1. The lowest BCUT2D eigenvalue weighted by Crippen LogP contribution is -2.50. The summed E-state index contributed by atoms with van der Waals surface area (Å²) >= 11 is 0. The van der Waals surface area contributed by atoms with Crippen molar-refractivity contribution in [1.29, 1.82) is 0 Å². The number of allylic oxidation sites excluding steroid dienone is 1. The maximum Gasteiger partial charge on any atom is 0.302 e. The van der Waals surface area contributed by atoms with Crippen molar-refractivity contribution in [2.24, 2.45) is 33.7 Å². The van der Waals surface area contributed by atoms with Crippen LogP contribution >= 0.6 is 0 Å². The van der Waals surface area contributed by atoms with Gasteiger partial charge in [-0.1, -0.05) is 30.7 Å². The molecule has 0 aromatic heterocycles. The number of ether oxygens (including phenoxy) is 1. The number of nitrogens with zero attached hydrogens (tertiary/aromatic N) is 1. The maximum atomic E-state index is 11.3. The van der Waals surface area contributed by atoms with E-state index in [0.717, 1.165) is 50.2 Å². The lowest BCUT2D eigenvalue weighted by atomic mass is 9.48. The number of esters is 1. The Hall–Kier alpha value is -1.32. The molecule has 4 rings (SSSR count). The van der Waals surface area contributed by atoms with Gasteiger partial charge in [0.1, 0.15) is 6.10 Å². The first-order chi connectivity index (χ1) is 11.9. The first kappa shape index (κ1) is 17.1. The average Bonchev–Trinajstić information content (AvgIpc) is 2.91. The Morgan fingerprint density at radius 3 is 2.64 bits per heavy atom. The number of carbonyl (C=O) groups excluding carboxylic acids is 1. The van der Waals surface area contributed by atoms with Crippen LogP contribution in [0.2, 0.25) is 0 Å². The molecule has 0 bridgehead atoms. The lowest BCUT2D eigenvalue weighted by Gasteiger charge is -2.57. The minimum Gasteiger partial charge on any atom is -0.462 e.